The lowest BCUT2D eigenvalue weighted by atomic mass is 9.86. The first kappa shape index (κ1) is 25.9. The molecule has 1 atom stereocenters. The minimum absolute atomic E-state index is 0.0459. The van der Waals surface area contributed by atoms with Crippen LogP contribution < -0.4 is 19.7 Å². The van der Waals surface area contributed by atoms with Crippen molar-refractivity contribution in [2.24, 2.45) is 0 Å². The average molecular weight is 561 g/mol. The number of halogens is 2. The van der Waals surface area contributed by atoms with Gasteiger partial charge < -0.3 is 19.4 Å². The first-order valence-corrected chi connectivity index (χ1v) is 13.1. The van der Waals surface area contributed by atoms with Crippen molar-refractivity contribution in [2.45, 2.75) is 32.4 Å². The summed E-state index contributed by atoms with van der Waals surface area (Å²) in [7, 11) is 3.09. The van der Waals surface area contributed by atoms with Crippen LogP contribution in [0.3, 0.4) is 0 Å². The van der Waals surface area contributed by atoms with E-state index in [4.69, 9.17) is 26.1 Å². The van der Waals surface area contributed by atoms with Gasteiger partial charge in [-0.2, -0.15) is 0 Å². The van der Waals surface area contributed by atoms with Crippen molar-refractivity contribution < 1.29 is 23.5 Å². The number of aryl methyl sites for hydroxylation is 1. The van der Waals surface area contributed by atoms with Gasteiger partial charge in [0.2, 0.25) is 0 Å². The molecule has 2 aliphatic rings. The van der Waals surface area contributed by atoms with E-state index in [1.54, 1.807) is 31.4 Å². The van der Waals surface area contributed by atoms with Crippen molar-refractivity contribution >= 4 is 34.8 Å². The summed E-state index contributed by atoms with van der Waals surface area (Å²) in [6, 6.07) is 14.5. The first-order chi connectivity index (χ1) is 19.1. The van der Waals surface area contributed by atoms with Crippen molar-refractivity contribution in [3.05, 3.63) is 88.0 Å². The van der Waals surface area contributed by atoms with Crippen molar-refractivity contribution in [3.8, 4) is 22.9 Å². The summed E-state index contributed by atoms with van der Waals surface area (Å²) in [5.74, 6) is -0.292. The molecule has 0 bridgehead atoms. The number of imidazole rings is 1. The van der Waals surface area contributed by atoms with Gasteiger partial charge in [-0.05, 0) is 62.7 Å². The van der Waals surface area contributed by atoms with Gasteiger partial charge in [-0.3, -0.25) is 14.5 Å². The zero-order valence-corrected chi connectivity index (χ0v) is 23.3. The van der Waals surface area contributed by atoms with Crippen molar-refractivity contribution in [3.63, 3.8) is 0 Å². The number of hydrogen-bond donors (Lipinski definition) is 1. The molecule has 3 aromatic carbocycles. The predicted octanol–water partition coefficient (Wildman–Crippen LogP) is 6.11. The largest absolute Gasteiger partial charge is 0.497 e. The van der Waals surface area contributed by atoms with E-state index in [1.165, 1.54) is 30.2 Å². The Morgan fingerprint density at radius 3 is 2.50 bits per heavy atom. The van der Waals surface area contributed by atoms with Crippen molar-refractivity contribution in [1.82, 2.24) is 9.55 Å². The Balaban J connectivity index is 1.73. The van der Waals surface area contributed by atoms with Crippen LogP contribution >= 0.6 is 11.6 Å². The number of nitrogens with one attached hydrogen (secondary N) is 1. The van der Waals surface area contributed by atoms with Gasteiger partial charge in [-0.15, -0.1) is 0 Å². The third-order valence-corrected chi connectivity index (χ3v) is 7.69. The van der Waals surface area contributed by atoms with Crippen molar-refractivity contribution in [2.75, 3.05) is 24.4 Å². The molecule has 4 aromatic rings. The second-order valence-corrected chi connectivity index (χ2v) is 10.5. The van der Waals surface area contributed by atoms with Gasteiger partial charge in [-0.25, -0.2) is 9.37 Å². The SMILES string of the molecule is COc1ccc(-c2nc3c(n2C(C)C)C2(C(=O)Nc4cc(C)ccc42)N(c2cc(Cl)ccc2F)C3=O)c(OC)c1. The van der Waals surface area contributed by atoms with Crippen LogP contribution in [-0.4, -0.2) is 35.6 Å². The smallest absolute Gasteiger partial charge is 0.280 e. The molecule has 8 nitrogen and oxygen atoms in total. The van der Waals surface area contributed by atoms with Crippen LogP contribution in [0.1, 0.15) is 47.2 Å². The second-order valence-electron chi connectivity index (χ2n) is 10.1. The van der Waals surface area contributed by atoms with Gasteiger partial charge in [0, 0.05) is 28.4 Å². The van der Waals surface area contributed by atoms with Gasteiger partial charge >= 0.3 is 0 Å². The lowest BCUT2D eigenvalue weighted by Gasteiger charge is -2.36. The molecule has 3 heterocycles. The Bertz CT molecular complexity index is 1730. The molecule has 40 heavy (non-hydrogen) atoms. The maximum absolute atomic E-state index is 15.5. The highest BCUT2D eigenvalue weighted by atomic mass is 35.5. The summed E-state index contributed by atoms with van der Waals surface area (Å²) in [5, 5.41) is 3.17. The van der Waals surface area contributed by atoms with Gasteiger partial charge in [0.25, 0.3) is 11.8 Å². The number of carbonyl (C=O) groups is 2. The third kappa shape index (κ3) is 3.40. The van der Waals surface area contributed by atoms with Crippen molar-refractivity contribution in [1.29, 1.82) is 0 Å². The maximum Gasteiger partial charge on any atom is 0.280 e. The Kier molecular flexibility index (Phi) is 5.88. The van der Waals surface area contributed by atoms with Crippen LogP contribution in [0.5, 0.6) is 11.5 Å². The van der Waals surface area contributed by atoms with E-state index >= 15 is 4.39 Å². The molecule has 10 heteroatoms. The highest BCUT2D eigenvalue weighted by molar-refractivity contribution is 6.31. The third-order valence-electron chi connectivity index (χ3n) is 7.45. The summed E-state index contributed by atoms with van der Waals surface area (Å²) in [6.45, 7) is 5.78. The zero-order valence-electron chi connectivity index (χ0n) is 22.5. The standard InChI is InChI=1S/C30H26ClFN4O4/c1-15(2)35-26-25(34-27(35)19-9-8-18(39-4)14-24(19)40-5)28(37)36(23-13-17(31)7-11-21(23)32)30(26)20-10-6-16(3)12-22(20)33-29(30)38/h6-15H,1-5H3,(H,33,38). The molecule has 204 valence electrons. The normalized spacial score (nSPS) is 17.4. The van der Waals surface area contributed by atoms with Crippen LogP contribution in [0.15, 0.2) is 54.6 Å². The quantitative estimate of drug-likeness (QED) is 0.318. The highest BCUT2D eigenvalue weighted by Gasteiger charge is 2.64. The Labute approximate surface area is 235 Å². The Hall–Kier alpha value is -4.37. The molecule has 2 amide bonds. The molecular formula is C30H26ClFN4O4. The summed E-state index contributed by atoms with van der Waals surface area (Å²) in [5.41, 5.74) is 1.13. The fourth-order valence-electron chi connectivity index (χ4n) is 5.78. The Morgan fingerprint density at radius 2 is 1.80 bits per heavy atom. The van der Waals surface area contributed by atoms with Gasteiger partial charge in [0.05, 0.1) is 31.2 Å². The molecular weight excluding hydrogens is 535 g/mol. The predicted molar refractivity (Wildman–Crippen MR) is 150 cm³/mol. The fourth-order valence-corrected chi connectivity index (χ4v) is 5.95. The first-order valence-electron chi connectivity index (χ1n) is 12.7. The van der Waals surface area contributed by atoms with E-state index in [2.05, 4.69) is 5.32 Å². The lowest BCUT2D eigenvalue weighted by molar-refractivity contribution is -0.119. The number of carbonyl (C=O) groups excluding carboxylic acids is 2. The van der Waals surface area contributed by atoms with Gasteiger partial charge in [0.1, 0.15) is 23.1 Å². The van der Waals surface area contributed by atoms with E-state index < -0.39 is 23.2 Å². The number of ether oxygens (including phenoxy) is 2. The fraction of sp³-hybridized carbons (Fsp3) is 0.233. The number of methoxy groups -OCH3 is 2. The molecule has 2 aliphatic heterocycles. The van der Waals surface area contributed by atoms with Crippen LogP contribution in [-0.2, 0) is 10.3 Å². The minimum Gasteiger partial charge on any atom is -0.497 e. The molecule has 0 saturated heterocycles. The van der Waals surface area contributed by atoms with Crippen LogP contribution in [0.2, 0.25) is 5.02 Å². The Morgan fingerprint density at radius 1 is 1.02 bits per heavy atom. The second kappa shape index (κ2) is 9.09. The maximum atomic E-state index is 15.5. The number of anilines is 2. The zero-order chi connectivity index (χ0) is 28.5. The molecule has 6 rings (SSSR count). The summed E-state index contributed by atoms with van der Waals surface area (Å²) < 4.78 is 28.3. The molecule has 1 spiro atoms. The molecule has 1 aromatic heterocycles. The van der Waals surface area contributed by atoms with E-state index in [0.717, 1.165) is 5.56 Å². The van der Waals surface area contributed by atoms with Crippen LogP contribution in [0, 0.1) is 12.7 Å². The van der Waals surface area contributed by atoms with E-state index in [0.29, 0.717) is 39.8 Å². The molecule has 0 aliphatic carbocycles. The minimum atomic E-state index is -1.74. The molecule has 0 saturated carbocycles. The van der Waals surface area contributed by atoms with Crippen LogP contribution in [0.25, 0.3) is 11.4 Å². The van der Waals surface area contributed by atoms with E-state index in [9.17, 15) is 9.59 Å². The topological polar surface area (TPSA) is 85.7 Å². The number of amides is 2. The number of aromatic nitrogens is 2. The van der Waals surface area contributed by atoms with Crippen LogP contribution in [0.4, 0.5) is 15.8 Å². The van der Waals surface area contributed by atoms with Gasteiger partial charge in [-0.1, -0.05) is 23.7 Å². The summed E-state index contributed by atoms with van der Waals surface area (Å²) in [4.78, 5) is 34.6. The number of rotatable bonds is 5. The highest BCUT2D eigenvalue weighted by Crippen LogP contribution is 2.55. The number of fused-ring (bicyclic) bond motifs is 4. The monoisotopic (exact) mass is 560 g/mol. The van der Waals surface area contributed by atoms with E-state index in [-0.39, 0.29) is 22.4 Å². The summed E-state index contributed by atoms with van der Waals surface area (Å²) in [6.07, 6.45) is 0. The molecule has 1 N–H and O–H groups in total. The van der Waals surface area contributed by atoms with Gasteiger partial charge in [0.15, 0.2) is 11.2 Å². The lowest BCUT2D eigenvalue weighted by Crippen LogP contribution is -2.51. The molecule has 1 unspecified atom stereocenters. The van der Waals surface area contributed by atoms with E-state index in [1.807, 2.05) is 37.5 Å². The summed E-state index contributed by atoms with van der Waals surface area (Å²) >= 11 is 6.28. The average Bonchev–Trinajstić information content (AvgIpc) is 3.53. The molecule has 0 fully saturated rings. The number of benzene rings is 3. The molecule has 0 radical (unpaired) electrons. The number of nitrogens with zero attached hydrogens (tertiary/aromatic N) is 3. The number of hydrogen-bond acceptors (Lipinski definition) is 5.